The molecule has 0 aliphatic carbocycles. The number of methoxy groups -OCH3 is 1. The van der Waals surface area contributed by atoms with Gasteiger partial charge in [0.1, 0.15) is 11.6 Å². The van der Waals surface area contributed by atoms with E-state index in [2.05, 4.69) is 11.0 Å². The lowest BCUT2D eigenvalue weighted by Gasteiger charge is -2.25. The summed E-state index contributed by atoms with van der Waals surface area (Å²) in [6.07, 6.45) is 0.454. The van der Waals surface area contributed by atoms with E-state index >= 15 is 0 Å². The van der Waals surface area contributed by atoms with Crippen molar-refractivity contribution in [3.05, 3.63) is 29.6 Å². The summed E-state index contributed by atoms with van der Waals surface area (Å²) in [5, 5.41) is 8.62. The van der Waals surface area contributed by atoms with Crippen LogP contribution in [0.15, 0.2) is 18.2 Å². The molecule has 0 unspecified atom stereocenters. The molecule has 0 atom stereocenters. The average Bonchev–Trinajstić information content (AvgIpc) is 2.35. The number of benzene rings is 1. The fraction of sp³-hybridized carbons (Fsp3) is 0.500. The lowest BCUT2D eigenvalue weighted by atomic mass is 10.1. The molecule has 0 aromatic heterocycles. The van der Waals surface area contributed by atoms with Gasteiger partial charge in [0.25, 0.3) is 0 Å². The van der Waals surface area contributed by atoms with Gasteiger partial charge in [0.2, 0.25) is 0 Å². The highest BCUT2D eigenvalue weighted by Gasteiger charge is 2.12. The molecule has 0 fully saturated rings. The summed E-state index contributed by atoms with van der Waals surface area (Å²) < 4.78 is 18.8. The molecule has 0 aliphatic rings. The number of hydrogen-bond acceptors (Lipinski definition) is 3. The standard InChI is InChI=1S/C14H19FN2O/c1-11(2)17(8-4-7-16)10-12-5-6-13(18-3)9-14(12)15/h5-6,9,11H,4,8,10H2,1-3H3. The third-order valence-electron chi connectivity index (χ3n) is 2.87. The molecule has 1 aromatic carbocycles. The van der Waals surface area contributed by atoms with Crippen molar-refractivity contribution in [1.82, 2.24) is 4.90 Å². The fourth-order valence-electron chi connectivity index (χ4n) is 1.72. The molecule has 3 nitrogen and oxygen atoms in total. The molecular formula is C14H19FN2O. The zero-order valence-corrected chi connectivity index (χ0v) is 11.1. The van der Waals surface area contributed by atoms with Crippen molar-refractivity contribution in [2.75, 3.05) is 13.7 Å². The van der Waals surface area contributed by atoms with Crippen LogP contribution >= 0.6 is 0 Å². The van der Waals surface area contributed by atoms with E-state index in [1.165, 1.54) is 13.2 Å². The van der Waals surface area contributed by atoms with Gasteiger partial charge in [0.15, 0.2) is 0 Å². The fourth-order valence-corrected chi connectivity index (χ4v) is 1.72. The minimum Gasteiger partial charge on any atom is -0.497 e. The summed E-state index contributed by atoms with van der Waals surface area (Å²) in [5.41, 5.74) is 0.627. The van der Waals surface area contributed by atoms with Crippen molar-refractivity contribution in [1.29, 1.82) is 5.26 Å². The number of hydrogen-bond donors (Lipinski definition) is 0. The van der Waals surface area contributed by atoms with Crippen molar-refractivity contribution < 1.29 is 9.13 Å². The minimum absolute atomic E-state index is 0.267. The van der Waals surface area contributed by atoms with E-state index in [-0.39, 0.29) is 11.9 Å². The third kappa shape index (κ3) is 4.01. The van der Waals surface area contributed by atoms with Gasteiger partial charge in [0, 0.05) is 37.2 Å². The Morgan fingerprint density at radius 2 is 2.17 bits per heavy atom. The molecule has 0 saturated carbocycles. The number of nitriles is 1. The lowest BCUT2D eigenvalue weighted by molar-refractivity contribution is 0.215. The van der Waals surface area contributed by atoms with E-state index in [1.54, 1.807) is 12.1 Å². The first kappa shape index (κ1) is 14.5. The minimum atomic E-state index is -0.267. The van der Waals surface area contributed by atoms with Crippen LogP contribution in [0.5, 0.6) is 5.75 Å². The van der Waals surface area contributed by atoms with E-state index in [0.29, 0.717) is 30.8 Å². The zero-order valence-electron chi connectivity index (χ0n) is 11.1. The third-order valence-corrected chi connectivity index (χ3v) is 2.87. The van der Waals surface area contributed by atoms with Crippen molar-refractivity contribution in [2.45, 2.75) is 32.9 Å². The van der Waals surface area contributed by atoms with E-state index in [1.807, 2.05) is 13.8 Å². The highest BCUT2D eigenvalue weighted by molar-refractivity contribution is 5.28. The molecule has 4 heteroatoms. The first-order valence-electron chi connectivity index (χ1n) is 6.02. The van der Waals surface area contributed by atoms with Crippen LogP contribution in [0.2, 0.25) is 0 Å². The molecule has 0 N–H and O–H groups in total. The second kappa shape index (κ2) is 6.97. The number of rotatable bonds is 6. The van der Waals surface area contributed by atoms with Crippen LogP contribution in [0, 0.1) is 17.1 Å². The Balaban J connectivity index is 2.77. The zero-order chi connectivity index (χ0) is 13.5. The molecule has 1 rings (SSSR count). The molecule has 0 aliphatic heterocycles. The maximum absolute atomic E-state index is 13.8. The van der Waals surface area contributed by atoms with E-state index in [9.17, 15) is 4.39 Å². The van der Waals surface area contributed by atoms with Crippen molar-refractivity contribution in [3.63, 3.8) is 0 Å². The van der Waals surface area contributed by atoms with Crippen molar-refractivity contribution in [2.24, 2.45) is 0 Å². The summed E-state index contributed by atoms with van der Waals surface area (Å²) in [6.45, 7) is 5.24. The molecule has 0 bridgehead atoms. The summed E-state index contributed by atoms with van der Waals surface area (Å²) >= 11 is 0. The number of ether oxygens (including phenoxy) is 1. The van der Waals surface area contributed by atoms with Gasteiger partial charge in [-0.15, -0.1) is 0 Å². The summed E-state index contributed by atoms with van der Waals surface area (Å²) in [6, 6.07) is 7.26. The molecule has 1 aromatic rings. The highest BCUT2D eigenvalue weighted by Crippen LogP contribution is 2.18. The molecule has 0 radical (unpaired) electrons. The van der Waals surface area contributed by atoms with Crippen LogP contribution in [0.25, 0.3) is 0 Å². The van der Waals surface area contributed by atoms with Crippen molar-refractivity contribution in [3.8, 4) is 11.8 Å². The van der Waals surface area contributed by atoms with Crippen LogP contribution in [-0.4, -0.2) is 24.6 Å². The Bertz CT molecular complexity index is 426. The largest absolute Gasteiger partial charge is 0.497 e. The monoisotopic (exact) mass is 250 g/mol. The quantitative estimate of drug-likeness (QED) is 0.778. The summed E-state index contributed by atoms with van der Waals surface area (Å²) in [7, 11) is 1.52. The van der Waals surface area contributed by atoms with Gasteiger partial charge in [-0.05, 0) is 19.9 Å². The Kier molecular flexibility index (Phi) is 5.60. The van der Waals surface area contributed by atoms with Crippen LogP contribution in [-0.2, 0) is 6.54 Å². The maximum atomic E-state index is 13.8. The highest BCUT2D eigenvalue weighted by atomic mass is 19.1. The Labute approximate surface area is 108 Å². The Morgan fingerprint density at radius 1 is 1.44 bits per heavy atom. The van der Waals surface area contributed by atoms with Crippen molar-refractivity contribution >= 4 is 0 Å². The number of halogens is 1. The van der Waals surface area contributed by atoms with Gasteiger partial charge in [-0.3, -0.25) is 4.90 Å². The first-order valence-corrected chi connectivity index (χ1v) is 6.02. The Morgan fingerprint density at radius 3 is 2.67 bits per heavy atom. The molecular weight excluding hydrogens is 231 g/mol. The first-order chi connectivity index (χ1) is 8.58. The van der Waals surface area contributed by atoms with E-state index in [4.69, 9.17) is 10.00 Å². The van der Waals surface area contributed by atoms with Crippen LogP contribution in [0.4, 0.5) is 4.39 Å². The van der Waals surface area contributed by atoms with Crippen LogP contribution in [0.3, 0.4) is 0 Å². The van der Waals surface area contributed by atoms with Crippen LogP contribution in [0.1, 0.15) is 25.8 Å². The van der Waals surface area contributed by atoms with Crippen LogP contribution < -0.4 is 4.74 Å². The predicted octanol–water partition coefficient (Wildman–Crippen LogP) is 2.96. The molecule has 98 valence electrons. The van der Waals surface area contributed by atoms with E-state index < -0.39 is 0 Å². The predicted molar refractivity (Wildman–Crippen MR) is 68.7 cm³/mol. The molecule has 18 heavy (non-hydrogen) atoms. The lowest BCUT2D eigenvalue weighted by Crippen LogP contribution is -2.31. The van der Waals surface area contributed by atoms with Gasteiger partial charge in [0.05, 0.1) is 13.2 Å². The molecule has 0 heterocycles. The van der Waals surface area contributed by atoms with Gasteiger partial charge in [-0.2, -0.15) is 5.26 Å². The number of nitrogens with zero attached hydrogens (tertiary/aromatic N) is 2. The smallest absolute Gasteiger partial charge is 0.131 e. The topological polar surface area (TPSA) is 36.3 Å². The summed E-state index contributed by atoms with van der Waals surface area (Å²) in [4.78, 5) is 2.08. The second-order valence-corrected chi connectivity index (χ2v) is 4.43. The normalized spacial score (nSPS) is 10.7. The van der Waals surface area contributed by atoms with Gasteiger partial charge < -0.3 is 4.74 Å². The summed E-state index contributed by atoms with van der Waals surface area (Å²) in [5.74, 6) is 0.251. The molecule has 0 amide bonds. The van der Waals surface area contributed by atoms with E-state index in [0.717, 1.165) is 0 Å². The van der Waals surface area contributed by atoms with Gasteiger partial charge in [-0.25, -0.2) is 4.39 Å². The van der Waals surface area contributed by atoms with Gasteiger partial charge in [-0.1, -0.05) is 6.07 Å². The SMILES string of the molecule is COc1ccc(CN(CCC#N)C(C)C)c(F)c1. The average molecular weight is 250 g/mol. The molecule has 0 saturated heterocycles. The molecule has 0 spiro atoms. The maximum Gasteiger partial charge on any atom is 0.131 e. The van der Waals surface area contributed by atoms with Gasteiger partial charge >= 0.3 is 0 Å². The second-order valence-electron chi connectivity index (χ2n) is 4.43. The Hall–Kier alpha value is -1.60.